The predicted octanol–water partition coefficient (Wildman–Crippen LogP) is 1.90. The Morgan fingerprint density at radius 2 is 1.80 bits per heavy atom. The van der Waals surface area contributed by atoms with Crippen LogP contribution in [0.4, 0.5) is 5.82 Å². The molecule has 0 fully saturated rings. The molecule has 2 unspecified atom stereocenters. The molecule has 0 aliphatic heterocycles. The lowest BCUT2D eigenvalue weighted by molar-refractivity contribution is -0.129. The summed E-state index contributed by atoms with van der Waals surface area (Å²) in [4.78, 5) is 24.8. The van der Waals surface area contributed by atoms with Gasteiger partial charge < -0.3 is 16.0 Å². The number of rotatable bonds is 7. The van der Waals surface area contributed by atoms with Crippen LogP contribution in [0.5, 0.6) is 0 Å². The largest absolute Gasteiger partial charge is 0.340 e. The molecule has 0 radical (unpaired) electrons. The summed E-state index contributed by atoms with van der Waals surface area (Å²) in [5, 5.41) is 14.9. The third-order valence-electron chi connectivity index (χ3n) is 3.40. The number of carbonyl (C=O) groups excluding carboxylic acids is 2. The SMILES string of the molecule is CNCC(C)C(=O)NC(C(=O)Nc1ccn[nH]1)c1ccccc1.Cl.Cl. The third kappa shape index (κ3) is 6.74. The highest BCUT2D eigenvalue weighted by atomic mass is 35.5. The van der Waals surface area contributed by atoms with E-state index in [4.69, 9.17) is 0 Å². The van der Waals surface area contributed by atoms with Gasteiger partial charge in [0, 0.05) is 18.5 Å². The van der Waals surface area contributed by atoms with Gasteiger partial charge in [0.1, 0.15) is 11.9 Å². The number of amides is 2. The Morgan fingerprint density at radius 1 is 1.12 bits per heavy atom. The molecular weight excluding hydrogens is 365 g/mol. The fraction of sp³-hybridized carbons (Fsp3) is 0.312. The molecule has 0 spiro atoms. The van der Waals surface area contributed by atoms with Gasteiger partial charge in [-0.05, 0) is 12.6 Å². The van der Waals surface area contributed by atoms with Crippen LogP contribution < -0.4 is 16.0 Å². The Bertz CT molecular complexity index is 637. The number of halogens is 2. The second-order valence-corrected chi connectivity index (χ2v) is 5.27. The van der Waals surface area contributed by atoms with Crippen molar-refractivity contribution in [1.82, 2.24) is 20.8 Å². The van der Waals surface area contributed by atoms with E-state index in [0.29, 0.717) is 12.4 Å². The zero-order valence-corrected chi connectivity index (χ0v) is 15.6. The molecule has 2 rings (SSSR count). The third-order valence-corrected chi connectivity index (χ3v) is 3.40. The first kappa shape index (κ1) is 22.9. The van der Waals surface area contributed by atoms with E-state index in [0.717, 1.165) is 5.56 Å². The molecule has 0 saturated heterocycles. The molecule has 2 atom stereocenters. The van der Waals surface area contributed by atoms with Gasteiger partial charge in [-0.3, -0.25) is 14.7 Å². The van der Waals surface area contributed by atoms with Crippen molar-refractivity contribution in [3.05, 3.63) is 48.2 Å². The minimum atomic E-state index is -0.772. The molecule has 2 amide bonds. The molecule has 0 bridgehead atoms. The summed E-state index contributed by atoms with van der Waals surface area (Å²) in [6, 6.07) is 10.0. The van der Waals surface area contributed by atoms with Crippen LogP contribution in [0.2, 0.25) is 0 Å². The summed E-state index contributed by atoms with van der Waals surface area (Å²) in [6.45, 7) is 2.34. The van der Waals surface area contributed by atoms with Gasteiger partial charge in [0.25, 0.3) is 5.91 Å². The zero-order valence-electron chi connectivity index (χ0n) is 14.0. The summed E-state index contributed by atoms with van der Waals surface area (Å²) in [5.41, 5.74) is 0.717. The topological polar surface area (TPSA) is 98.9 Å². The van der Waals surface area contributed by atoms with Crippen molar-refractivity contribution in [1.29, 1.82) is 0 Å². The number of hydrogen-bond donors (Lipinski definition) is 4. The van der Waals surface area contributed by atoms with Crippen LogP contribution in [0.1, 0.15) is 18.5 Å². The highest BCUT2D eigenvalue weighted by molar-refractivity contribution is 5.97. The second-order valence-electron chi connectivity index (χ2n) is 5.27. The molecule has 0 aliphatic rings. The molecule has 2 aromatic rings. The van der Waals surface area contributed by atoms with Crippen molar-refractivity contribution in [2.24, 2.45) is 5.92 Å². The van der Waals surface area contributed by atoms with E-state index in [1.165, 1.54) is 0 Å². The Hall–Kier alpha value is -2.09. The summed E-state index contributed by atoms with van der Waals surface area (Å²) in [5.74, 6) is -0.280. The number of anilines is 1. The molecule has 7 nitrogen and oxygen atoms in total. The van der Waals surface area contributed by atoms with Gasteiger partial charge in [-0.2, -0.15) is 5.10 Å². The highest BCUT2D eigenvalue weighted by Crippen LogP contribution is 2.16. The smallest absolute Gasteiger partial charge is 0.252 e. The van der Waals surface area contributed by atoms with Gasteiger partial charge >= 0.3 is 0 Å². The average Bonchev–Trinajstić information content (AvgIpc) is 3.06. The number of carbonyl (C=O) groups is 2. The second kappa shape index (κ2) is 11.5. The highest BCUT2D eigenvalue weighted by Gasteiger charge is 2.25. The first-order valence-corrected chi connectivity index (χ1v) is 7.42. The first-order valence-electron chi connectivity index (χ1n) is 7.42. The van der Waals surface area contributed by atoms with Crippen molar-refractivity contribution >= 4 is 42.4 Å². The molecule has 0 aliphatic carbocycles. The Morgan fingerprint density at radius 3 is 2.36 bits per heavy atom. The molecule has 1 aromatic heterocycles. The van der Waals surface area contributed by atoms with E-state index in [-0.39, 0.29) is 42.5 Å². The molecule has 0 saturated carbocycles. The van der Waals surface area contributed by atoms with Crippen LogP contribution in [-0.2, 0) is 9.59 Å². The first-order chi connectivity index (χ1) is 11.1. The standard InChI is InChI=1S/C16H21N5O2.2ClH/c1-11(10-17-2)15(22)20-14(12-6-4-3-5-7-12)16(23)19-13-8-9-18-21-13;;/h3-9,11,14,17H,10H2,1-2H3,(H,20,22)(H2,18,19,21,23);2*1H. The van der Waals surface area contributed by atoms with Crippen molar-refractivity contribution in [2.75, 3.05) is 18.9 Å². The van der Waals surface area contributed by atoms with Crippen LogP contribution in [0.3, 0.4) is 0 Å². The number of aromatic nitrogens is 2. The van der Waals surface area contributed by atoms with Gasteiger partial charge in [0.2, 0.25) is 5.91 Å². The van der Waals surface area contributed by atoms with Crippen molar-refractivity contribution < 1.29 is 9.59 Å². The van der Waals surface area contributed by atoms with Gasteiger partial charge in [-0.1, -0.05) is 37.3 Å². The van der Waals surface area contributed by atoms with E-state index >= 15 is 0 Å². The van der Waals surface area contributed by atoms with Crippen molar-refractivity contribution in [2.45, 2.75) is 13.0 Å². The van der Waals surface area contributed by atoms with Crippen LogP contribution in [0, 0.1) is 5.92 Å². The van der Waals surface area contributed by atoms with Crippen LogP contribution in [0.25, 0.3) is 0 Å². The lowest BCUT2D eigenvalue weighted by Gasteiger charge is -2.20. The van der Waals surface area contributed by atoms with E-state index in [1.54, 1.807) is 38.4 Å². The number of benzene rings is 1. The van der Waals surface area contributed by atoms with E-state index in [1.807, 2.05) is 18.2 Å². The number of nitrogens with one attached hydrogen (secondary N) is 4. The molecule has 1 aromatic carbocycles. The zero-order chi connectivity index (χ0) is 16.7. The number of H-pyrrole nitrogens is 1. The minimum absolute atomic E-state index is 0. The maximum atomic E-state index is 12.5. The van der Waals surface area contributed by atoms with Gasteiger partial charge in [0.05, 0.1) is 6.20 Å². The lowest BCUT2D eigenvalue weighted by Crippen LogP contribution is -2.41. The number of aromatic amines is 1. The maximum Gasteiger partial charge on any atom is 0.252 e. The molecular formula is C16H23Cl2N5O2. The lowest BCUT2D eigenvalue weighted by atomic mass is 10.0. The van der Waals surface area contributed by atoms with Crippen molar-refractivity contribution in [3.63, 3.8) is 0 Å². The molecule has 25 heavy (non-hydrogen) atoms. The number of hydrogen-bond acceptors (Lipinski definition) is 4. The van der Waals surface area contributed by atoms with E-state index in [9.17, 15) is 9.59 Å². The fourth-order valence-electron chi connectivity index (χ4n) is 2.16. The minimum Gasteiger partial charge on any atom is -0.340 e. The van der Waals surface area contributed by atoms with E-state index < -0.39 is 6.04 Å². The monoisotopic (exact) mass is 387 g/mol. The average molecular weight is 388 g/mol. The van der Waals surface area contributed by atoms with Gasteiger partial charge in [0.15, 0.2) is 0 Å². The van der Waals surface area contributed by atoms with E-state index in [2.05, 4.69) is 26.1 Å². The molecule has 4 N–H and O–H groups in total. The summed E-state index contributed by atoms with van der Waals surface area (Å²) < 4.78 is 0. The van der Waals surface area contributed by atoms with Crippen LogP contribution in [0.15, 0.2) is 42.6 Å². The van der Waals surface area contributed by atoms with Crippen LogP contribution in [-0.4, -0.2) is 35.6 Å². The summed E-state index contributed by atoms with van der Waals surface area (Å²) in [6.07, 6.45) is 1.54. The fourth-order valence-corrected chi connectivity index (χ4v) is 2.16. The predicted molar refractivity (Wildman–Crippen MR) is 102 cm³/mol. The normalized spacial score (nSPS) is 12.1. The van der Waals surface area contributed by atoms with Crippen LogP contribution >= 0.6 is 24.8 Å². The molecule has 1 heterocycles. The maximum absolute atomic E-state index is 12.5. The summed E-state index contributed by atoms with van der Waals surface area (Å²) in [7, 11) is 1.78. The molecule has 138 valence electrons. The number of nitrogens with zero attached hydrogens (tertiary/aromatic N) is 1. The molecule has 9 heteroatoms. The Labute approximate surface area is 159 Å². The van der Waals surface area contributed by atoms with Gasteiger partial charge in [-0.15, -0.1) is 24.8 Å². The Balaban J connectivity index is 0.00000288. The van der Waals surface area contributed by atoms with Crippen molar-refractivity contribution in [3.8, 4) is 0 Å². The summed E-state index contributed by atoms with van der Waals surface area (Å²) >= 11 is 0. The quantitative estimate of drug-likeness (QED) is 0.582. The van der Waals surface area contributed by atoms with Gasteiger partial charge in [-0.25, -0.2) is 0 Å². The Kier molecular flexibility index (Phi) is 10.5.